The van der Waals surface area contributed by atoms with Gasteiger partial charge >= 0.3 is 6.03 Å². The van der Waals surface area contributed by atoms with Crippen molar-refractivity contribution < 1.29 is 4.79 Å². The fourth-order valence-electron chi connectivity index (χ4n) is 3.34. The zero-order valence-electron chi connectivity index (χ0n) is 12.5. The molecule has 19 heavy (non-hydrogen) atoms. The molecule has 0 bridgehead atoms. The minimum atomic E-state index is 0.292. The topological polar surface area (TPSA) is 35.6 Å². The van der Waals surface area contributed by atoms with Gasteiger partial charge in [0.25, 0.3) is 0 Å². The monoisotopic (exact) mass is 267 g/mol. The second-order valence-corrected chi connectivity index (χ2v) is 6.15. The highest BCUT2D eigenvalue weighted by Gasteiger charge is 2.30. The zero-order chi connectivity index (χ0) is 13.7. The van der Waals surface area contributed by atoms with E-state index < -0.39 is 0 Å². The van der Waals surface area contributed by atoms with Crippen LogP contribution in [0.4, 0.5) is 4.79 Å². The molecule has 2 aliphatic heterocycles. The summed E-state index contributed by atoms with van der Waals surface area (Å²) in [6.45, 7) is 9.34. The predicted molar refractivity (Wildman–Crippen MR) is 78.3 cm³/mol. The summed E-state index contributed by atoms with van der Waals surface area (Å²) in [5.74, 6) is 0.661. The van der Waals surface area contributed by atoms with Gasteiger partial charge in [0, 0.05) is 25.7 Å². The number of rotatable bonds is 3. The van der Waals surface area contributed by atoms with Crippen molar-refractivity contribution in [2.24, 2.45) is 5.92 Å². The van der Waals surface area contributed by atoms with Crippen molar-refractivity contribution in [1.29, 1.82) is 0 Å². The fraction of sp³-hybridized carbons (Fsp3) is 0.933. The third kappa shape index (κ3) is 3.85. The van der Waals surface area contributed by atoms with Crippen LogP contribution in [0, 0.1) is 5.92 Å². The number of amides is 2. The number of hydrogen-bond acceptors (Lipinski definition) is 2. The minimum absolute atomic E-state index is 0.292. The summed E-state index contributed by atoms with van der Waals surface area (Å²) in [7, 11) is 0. The lowest BCUT2D eigenvalue weighted by Crippen LogP contribution is -2.53. The van der Waals surface area contributed by atoms with Crippen molar-refractivity contribution in [3.05, 3.63) is 0 Å². The molecule has 4 heteroatoms. The largest absolute Gasteiger partial charge is 0.324 e. The van der Waals surface area contributed by atoms with Gasteiger partial charge < -0.3 is 15.1 Å². The van der Waals surface area contributed by atoms with E-state index in [9.17, 15) is 4.79 Å². The standard InChI is InChI=1S/C15H29N3O/c1-3-10-18(14-6-8-16-9-7-14)15(19)17-11-4-5-13(2)12-17/h13-14,16H,3-12H2,1-2H3. The molecule has 2 saturated heterocycles. The number of piperidine rings is 2. The van der Waals surface area contributed by atoms with Crippen molar-refractivity contribution >= 4 is 6.03 Å². The number of urea groups is 1. The van der Waals surface area contributed by atoms with Crippen LogP contribution in [0.3, 0.4) is 0 Å². The van der Waals surface area contributed by atoms with Crippen LogP contribution in [0.15, 0.2) is 0 Å². The lowest BCUT2D eigenvalue weighted by atomic mass is 10.00. The molecular formula is C15H29N3O. The van der Waals surface area contributed by atoms with E-state index in [1.54, 1.807) is 0 Å². The Morgan fingerprint density at radius 3 is 2.68 bits per heavy atom. The third-order valence-electron chi connectivity index (χ3n) is 4.39. The molecule has 2 aliphatic rings. The highest BCUT2D eigenvalue weighted by molar-refractivity contribution is 5.75. The van der Waals surface area contributed by atoms with E-state index in [1.807, 2.05) is 0 Å². The van der Waals surface area contributed by atoms with Gasteiger partial charge in [-0.3, -0.25) is 0 Å². The van der Waals surface area contributed by atoms with E-state index >= 15 is 0 Å². The van der Waals surface area contributed by atoms with Gasteiger partial charge in [-0.15, -0.1) is 0 Å². The summed E-state index contributed by atoms with van der Waals surface area (Å²) in [5.41, 5.74) is 0. The molecular weight excluding hydrogens is 238 g/mol. The summed E-state index contributed by atoms with van der Waals surface area (Å²) >= 11 is 0. The second kappa shape index (κ2) is 7.13. The summed E-state index contributed by atoms with van der Waals surface area (Å²) in [5, 5.41) is 3.39. The molecule has 1 atom stereocenters. The summed E-state index contributed by atoms with van der Waals surface area (Å²) < 4.78 is 0. The van der Waals surface area contributed by atoms with Gasteiger partial charge in [-0.1, -0.05) is 13.8 Å². The van der Waals surface area contributed by atoms with Crippen molar-refractivity contribution in [3.8, 4) is 0 Å². The van der Waals surface area contributed by atoms with Crippen LogP contribution < -0.4 is 5.32 Å². The molecule has 0 aromatic carbocycles. The molecule has 0 radical (unpaired) electrons. The molecule has 0 aromatic heterocycles. The van der Waals surface area contributed by atoms with Gasteiger partial charge in [-0.25, -0.2) is 4.79 Å². The first kappa shape index (κ1) is 14.6. The number of carbonyl (C=O) groups is 1. The number of carbonyl (C=O) groups excluding carboxylic acids is 1. The van der Waals surface area contributed by atoms with Crippen LogP contribution in [0.5, 0.6) is 0 Å². The summed E-state index contributed by atoms with van der Waals surface area (Å²) in [6, 6.07) is 0.742. The van der Waals surface area contributed by atoms with E-state index in [4.69, 9.17) is 0 Å². The molecule has 2 fully saturated rings. The molecule has 1 unspecified atom stereocenters. The second-order valence-electron chi connectivity index (χ2n) is 6.15. The van der Waals surface area contributed by atoms with Gasteiger partial charge in [-0.2, -0.15) is 0 Å². The smallest absolute Gasteiger partial charge is 0.320 e. The van der Waals surface area contributed by atoms with Crippen LogP contribution >= 0.6 is 0 Å². The summed E-state index contributed by atoms with van der Waals surface area (Å²) in [6.07, 6.45) is 5.70. The number of likely N-dealkylation sites (tertiary alicyclic amines) is 1. The molecule has 0 aliphatic carbocycles. The molecule has 1 N–H and O–H groups in total. The maximum atomic E-state index is 12.8. The van der Waals surface area contributed by atoms with Crippen molar-refractivity contribution in [3.63, 3.8) is 0 Å². The highest BCUT2D eigenvalue weighted by atomic mass is 16.2. The maximum absolute atomic E-state index is 12.8. The lowest BCUT2D eigenvalue weighted by molar-refractivity contribution is 0.106. The van der Waals surface area contributed by atoms with Crippen molar-refractivity contribution in [1.82, 2.24) is 15.1 Å². The molecule has 0 aromatic rings. The van der Waals surface area contributed by atoms with Crippen LogP contribution in [-0.4, -0.2) is 54.6 Å². The number of nitrogens with zero attached hydrogens (tertiary/aromatic N) is 2. The molecule has 0 saturated carbocycles. The zero-order valence-corrected chi connectivity index (χ0v) is 12.5. The molecule has 4 nitrogen and oxygen atoms in total. The normalized spacial score (nSPS) is 25.4. The Morgan fingerprint density at radius 2 is 2.05 bits per heavy atom. The average molecular weight is 267 g/mol. The van der Waals surface area contributed by atoms with E-state index in [0.29, 0.717) is 18.0 Å². The Hall–Kier alpha value is -0.770. The summed E-state index contributed by atoms with van der Waals surface area (Å²) in [4.78, 5) is 17.0. The van der Waals surface area contributed by atoms with Gasteiger partial charge in [0.05, 0.1) is 0 Å². The fourth-order valence-corrected chi connectivity index (χ4v) is 3.34. The van der Waals surface area contributed by atoms with Crippen LogP contribution in [0.1, 0.15) is 46.0 Å². The van der Waals surface area contributed by atoms with Gasteiger partial charge in [0.15, 0.2) is 0 Å². The molecule has 2 amide bonds. The molecule has 2 rings (SSSR count). The highest BCUT2D eigenvalue weighted by Crippen LogP contribution is 2.20. The first-order valence-electron chi connectivity index (χ1n) is 7.98. The third-order valence-corrected chi connectivity index (χ3v) is 4.39. The first-order valence-corrected chi connectivity index (χ1v) is 7.98. The van der Waals surface area contributed by atoms with Crippen LogP contribution in [0.25, 0.3) is 0 Å². The molecule has 2 heterocycles. The Bertz CT molecular complexity index is 289. The lowest BCUT2D eigenvalue weighted by Gasteiger charge is -2.40. The van der Waals surface area contributed by atoms with E-state index in [1.165, 1.54) is 12.8 Å². The number of nitrogens with one attached hydrogen (secondary N) is 1. The Kier molecular flexibility index (Phi) is 5.49. The van der Waals surface area contributed by atoms with Gasteiger partial charge in [0.2, 0.25) is 0 Å². The van der Waals surface area contributed by atoms with Crippen LogP contribution in [-0.2, 0) is 0 Å². The molecule has 0 spiro atoms. The Labute approximate surface area is 117 Å². The van der Waals surface area contributed by atoms with E-state index in [-0.39, 0.29) is 0 Å². The van der Waals surface area contributed by atoms with Crippen molar-refractivity contribution in [2.75, 3.05) is 32.7 Å². The Balaban J connectivity index is 1.98. The van der Waals surface area contributed by atoms with Gasteiger partial charge in [0.1, 0.15) is 0 Å². The predicted octanol–water partition coefficient (Wildman–Crippen LogP) is 2.30. The van der Waals surface area contributed by atoms with E-state index in [2.05, 4.69) is 29.0 Å². The van der Waals surface area contributed by atoms with Crippen LogP contribution in [0.2, 0.25) is 0 Å². The van der Waals surface area contributed by atoms with Gasteiger partial charge in [-0.05, 0) is 51.1 Å². The minimum Gasteiger partial charge on any atom is -0.324 e. The Morgan fingerprint density at radius 1 is 1.32 bits per heavy atom. The van der Waals surface area contributed by atoms with Crippen molar-refractivity contribution in [2.45, 2.75) is 52.0 Å². The number of hydrogen-bond donors (Lipinski definition) is 1. The quantitative estimate of drug-likeness (QED) is 0.851. The maximum Gasteiger partial charge on any atom is 0.320 e. The van der Waals surface area contributed by atoms with E-state index in [0.717, 1.165) is 52.0 Å². The average Bonchev–Trinajstić information content (AvgIpc) is 2.45. The molecule has 110 valence electrons. The SMILES string of the molecule is CCCN(C(=O)N1CCCC(C)C1)C1CCNCC1. The first-order chi connectivity index (χ1) is 9.22.